The molecule has 0 aliphatic rings. The molecule has 7 nitrogen and oxygen atoms in total. The molecule has 0 saturated heterocycles. The fourth-order valence-corrected chi connectivity index (χ4v) is 2.76. The van der Waals surface area contributed by atoms with Gasteiger partial charge in [0.2, 0.25) is 5.95 Å². The second-order valence-electron chi connectivity index (χ2n) is 5.78. The molecule has 2 aromatic heterocycles. The van der Waals surface area contributed by atoms with Gasteiger partial charge in [0.05, 0.1) is 18.2 Å². The van der Waals surface area contributed by atoms with Gasteiger partial charge in [-0.15, -0.1) is 0 Å². The number of hydrogen-bond acceptors (Lipinski definition) is 6. The van der Waals surface area contributed by atoms with Gasteiger partial charge in [0.1, 0.15) is 23.0 Å². The molecule has 28 heavy (non-hydrogen) atoms. The number of aromatic nitrogens is 2. The minimum Gasteiger partial charge on any atom is -0.464 e. The van der Waals surface area contributed by atoms with Gasteiger partial charge in [0, 0.05) is 16.5 Å². The normalized spacial score (nSPS) is 11.0. The summed E-state index contributed by atoms with van der Waals surface area (Å²) < 4.78 is 19.3. The minimum absolute atomic E-state index is 0.0267. The monoisotopic (exact) mass is 373 g/mol. The van der Waals surface area contributed by atoms with Crippen LogP contribution in [0.4, 0.5) is 10.3 Å². The molecule has 2 N–H and O–H groups in total. The van der Waals surface area contributed by atoms with Crippen LogP contribution in [0.5, 0.6) is 0 Å². The maximum atomic E-state index is 14.1. The number of nitriles is 1. The predicted octanol–water partition coefficient (Wildman–Crippen LogP) is 3.64. The summed E-state index contributed by atoms with van der Waals surface area (Å²) in [5.74, 6) is -0.440. The summed E-state index contributed by atoms with van der Waals surface area (Å²) in [7, 11) is 0. The second-order valence-corrected chi connectivity index (χ2v) is 5.78. The summed E-state index contributed by atoms with van der Waals surface area (Å²) in [4.78, 5) is 18.9. The number of nitrogens with one attached hydrogen (secondary N) is 2. The number of benzene rings is 2. The van der Waals surface area contributed by atoms with Gasteiger partial charge in [-0.1, -0.05) is 30.3 Å². The van der Waals surface area contributed by atoms with Crippen molar-refractivity contribution in [1.29, 1.82) is 5.26 Å². The van der Waals surface area contributed by atoms with E-state index in [0.29, 0.717) is 16.5 Å². The average molecular weight is 373 g/mol. The molecule has 0 saturated carbocycles. The molecule has 0 unspecified atom stereocenters. The summed E-state index contributed by atoms with van der Waals surface area (Å²) in [5, 5.41) is 13.8. The van der Waals surface area contributed by atoms with Crippen molar-refractivity contribution in [2.24, 2.45) is 5.10 Å². The van der Waals surface area contributed by atoms with Crippen molar-refractivity contribution < 1.29 is 8.81 Å². The molecular weight excluding hydrogens is 361 g/mol. The summed E-state index contributed by atoms with van der Waals surface area (Å²) in [6, 6.07) is 15.2. The zero-order valence-corrected chi connectivity index (χ0v) is 14.3. The first kappa shape index (κ1) is 17.2. The highest BCUT2D eigenvalue weighted by molar-refractivity contribution is 5.98. The van der Waals surface area contributed by atoms with Crippen LogP contribution in [0.1, 0.15) is 11.1 Å². The minimum atomic E-state index is -0.600. The maximum Gasteiger partial charge on any atom is 0.270 e. The van der Waals surface area contributed by atoms with Crippen LogP contribution < -0.4 is 11.0 Å². The van der Waals surface area contributed by atoms with Crippen LogP contribution in [0.2, 0.25) is 0 Å². The fourth-order valence-electron chi connectivity index (χ4n) is 2.76. The zero-order chi connectivity index (χ0) is 19.5. The Balaban J connectivity index is 1.69. The Morgan fingerprint density at radius 1 is 1.21 bits per heavy atom. The number of nitrogens with zero attached hydrogens (tertiary/aromatic N) is 3. The highest BCUT2D eigenvalue weighted by Crippen LogP contribution is 2.22. The second kappa shape index (κ2) is 7.17. The lowest BCUT2D eigenvalue weighted by Gasteiger charge is -2.06. The third-order valence-corrected chi connectivity index (χ3v) is 4.07. The lowest BCUT2D eigenvalue weighted by atomic mass is 10.1. The first-order valence-electron chi connectivity index (χ1n) is 8.22. The van der Waals surface area contributed by atoms with Crippen molar-refractivity contribution in [3.8, 4) is 17.3 Å². The van der Waals surface area contributed by atoms with Crippen LogP contribution in [-0.2, 0) is 0 Å². The van der Waals surface area contributed by atoms with Crippen molar-refractivity contribution in [3.63, 3.8) is 0 Å². The van der Waals surface area contributed by atoms with E-state index in [-0.39, 0.29) is 22.8 Å². The molecule has 4 rings (SSSR count). The maximum absolute atomic E-state index is 14.1. The lowest BCUT2D eigenvalue weighted by Crippen LogP contribution is -2.16. The highest BCUT2D eigenvalue weighted by atomic mass is 19.1. The summed E-state index contributed by atoms with van der Waals surface area (Å²) in [6.45, 7) is 0. The number of aromatic amines is 1. The molecule has 136 valence electrons. The highest BCUT2D eigenvalue weighted by Gasteiger charge is 2.13. The Labute approximate surface area is 157 Å². The summed E-state index contributed by atoms with van der Waals surface area (Å²) >= 11 is 0. The molecule has 0 atom stereocenters. The van der Waals surface area contributed by atoms with E-state index >= 15 is 0 Å². The number of anilines is 1. The number of H-pyrrole nitrogens is 1. The van der Waals surface area contributed by atoms with E-state index in [1.165, 1.54) is 24.6 Å². The molecule has 0 spiro atoms. The molecule has 4 aromatic rings. The Morgan fingerprint density at radius 2 is 2.04 bits per heavy atom. The van der Waals surface area contributed by atoms with Crippen LogP contribution in [-0.4, -0.2) is 16.2 Å². The van der Waals surface area contributed by atoms with Crippen LogP contribution in [0, 0.1) is 17.1 Å². The Morgan fingerprint density at radius 3 is 2.82 bits per heavy atom. The molecule has 8 heteroatoms. The molecule has 0 aliphatic heterocycles. The average Bonchev–Trinajstić information content (AvgIpc) is 3.19. The van der Waals surface area contributed by atoms with Crippen molar-refractivity contribution in [2.45, 2.75) is 0 Å². The van der Waals surface area contributed by atoms with Gasteiger partial charge in [-0.05, 0) is 18.2 Å². The van der Waals surface area contributed by atoms with E-state index < -0.39 is 11.4 Å². The SMILES string of the molecule is N#Cc1c(-c2ccccc2)nc(NN=Cc2c(F)ccc3occc23)[nH]c1=O. The lowest BCUT2D eigenvalue weighted by molar-refractivity contribution is 0.609. The standard InChI is InChI=1S/C20H12FN5O2/c21-16-6-7-17-13(8-9-28-17)15(16)11-23-26-20-24-18(12-4-2-1-3-5-12)14(10-22)19(27)25-20/h1-9,11H,(H2,24,25,26,27). The van der Waals surface area contributed by atoms with E-state index in [0.717, 1.165) is 0 Å². The van der Waals surface area contributed by atoms with Gasteiger partial charge in [-0.3, -0.25) is 9.78 Å². The van der Waals surface area contributed by atoms with Crippen LogP contribution in [0.25, 0.3) is 22.2 Å². The number of halogens is 1. The Hall–Kier alpha value is -4.25. The van der Waals surface area contributed by atoms with Gasteiger partial charge in [0.25, 0.3) is 5.56 Å². The molecule has 0 radical (unpaired) electrons. The van der Waals surface area contributed by atoms with Crippen LogP contribution >= 0.6 is 0 Å². The Bertz CT molecular complexity index is 1290. The van der Waals surface area contributed by atoms with Crippen LogP contribution in [0.15, 0.2) is 69.1 Å². The van der Waals surface area contributed by atoms with E-state index in [2.05, 4.69) is 20.5 Å². The van der Waals surface area contributed by atoms with Gasteiger partial charge < -0.3 is 4.42 Å². The molecule has 0 fully saturated rings. The van der Waals surface area contributed by atoms with E-state index in [1.807, 2.05) is 12.1 Å². The van der Waals surface area contributed by atoms with Gasteiger partial charge in [-0.2, -0.15) is 10.4 Å². The molecule has 0 aliphatic carbocycles. The van der Waals surface area contributed by atoms with E-state index in [4.69, 9.17) is 4.42 Å². The van der Waals surface area contributed by atoms with E-state index in [9.17, 15) is 14.4 Å². The number of fused-ring (bicyclic) bond motifs is 1. The molecular formula is C20H12FN5O2. The third kappa shape index (κ3) is 3.12. The predicted molar refractivity (Wildman–Crippen MR) is 102 cm³/mol. The fraction of sp³-hybridized carbons (Fsp3) is 0. The van der Waals surface area contributed by atoms with Crippen molar-refractivity contribution in [2.75, 3.05) is 5.43 Å². The van der Waals surface area contributed by atoms with Crippen molar-refractivity contribution in [1.82, 2.24) is 9.97 Å². The topological polar surface area (TPSA) is 107 Å². The zero-order valence-electron chi connectivity index (χ0n) is 14.3. The first-order chi connectivity index (χ1) is 13.7. The van der Waals surface area contributed by atoms with E-state index in [1.54, 1.807) is 30.3 Å². The number of rotatable bonds is 4. The Kier molecular flexibility index (Phi) is 4.40. The van der Waals surface area contributed by atoms with Gasteiger partial charge in [-0.25, -0.2) is 14.8 Å². The smallest absolute Gasteiger partial charge is 0.270 e. The third-order valence-electron chi connectivity index (χ3n) is 4.07. The van der Waals surface area contributed by atoms with Crippen molar-refractivity contribution in [3.05, 3.63) is 82.1 Å². The molecule has 2 aromatic carbocycles. The number of furan rings is 1. The van der Waals surface area contributed by atoms with Gasteiger partial charge in [0.15, 0.2) is 0 Å². The van der Waals surface area contributed by atoms with Gasteiger partial charge >= 0.3 is 0 Å². The molecule has 0 bridgehead atoms. The number of hydrogen-bond donors (Lipinski definition) is 2. The first-order valence-corrected chi connectivity index (χ1v) is 8.22. The largest absolute Gasteiger partial charge is 0.464 e. The summed E-state index contributed by atoms with van der Waals surface area (Å²) in [6.07, 6.45) is 2.73. The van der Waals surface area contributed by atoms with Crippen molar-refractivity contribution >= 4 is 23.1 Å². The molecule has 2 heterocycles. The summed E-state index contributed by atoms with van der Waals surface area (Å²) in [5.41, 5.74) is 3.48. The van der Waals surface area contributed by atoms with Crippen LogP contribution in [0.3, 0.4) is 0 Å². The molecule has 0 amide bonds. The number of hydrazone groups is 1. The quantitative estimate of drug-likeness (QED) is 0.419.